The van der Waals surface area contributed by atoms with E-state index >= 15 is 0 Å². The van der Waals surface area contributed by atoms with Crippen molar-refractivity contribution in [2.24, 2.45) is 0 Å². The number of nitrogens with zero attached hydrogens (tertiary/aromatic N) is 3. The zero-order valence-corrected chi connectivity index (χ0v) is 20.0. The number of hydrogen-bond acceptors (Lipinski definition) is 4. The largest absolute Gasteiger partial charge is 0.435 e. The summed E-state index contributed by atoms with van der Waals surface area (Å²) >= 11 is 12.2. The molecule has 3 rings (SSSR count). The summed E-state index contributed by atoms with van der Waals surface area (Å²) in [6.45, 7) is 6.92. The number of alkyl halides is 3. The van der Waals surface area contributed by atoms with Gasteiger partial charge in [-0.3, -0.25) is 9.59 Å². The molecule has 180 valence electrons. The van der Waals surface area contributed by atoms with Crippen molar-refractivity contribution >= 4 is 40.7 Å². The van der Waals surface area contributed by atoms with E-state index in [1.165, 1.54) is 30.5 Å². The van der Waals surface area contributed by atoms with Gasteiger partial charge in [0.2, 0.25) is 0 Å². The Hall–Kier alpha value is -3.11. The Kier molecular flexibility index (Phi) is 6.95. The van der Waals surface area contributed by atoms with Crippen molar-refractivity contribution in [2.75, 3.05) is 5.32 Å². The molecule has 0 aliphatic rings. The normalized spacial score (nSPS) is 11.9. The molecular formula is C22H20Cl2F3N5O2. The number of aryl methyl sites for hydroxylation is 1. The van der Waals surface area contributed by atoms with Crippen LogP contribution in [0.3, 0.4) is 0 Å². The maximum atomic E-state index is 13.4. The number of amides is 2. The highest BCUT2D eigenvalue weighted by Gasteiger charge is 2.37. The highest BCUT2D eigenvalue weighted by atomic mass is 35.5. The van der Waals surface area contributed by atoms with Crippen molar-refractivity contribution < 1.29 is 22.8 Å². The van der Waals surface area contributed by atoms with Gasteiger partial charge in [-0.25, -0.2) is 9.67 Å². The second-order valence-corrected chi connectivity index (χ2v) is 9.28. The SMILES string of the molecule is Cc1cc(Cl)cc(C(=O)NC(C)(C)C)c1NC(=O)c1cc(C(F)(F)F)nn1-c1ncccc1Cl. The lowest BCUT2D eigenvalue weighted by Crippen LogP contribution is -2.41. The van der Waals surface area contributed by atoms with Gasteiger partial charge in [0.15, 0.2) is 11.5 Å². The minimum atomic E-state index is -4.82. The number of benzene rings is 1. The molecule has 2 amide bonds. The Morgan fingerprint density at radius 1 is 1.06 bits per heavy atom. The van der Waals surface area contributed by atoms with Crippen LogP contribution < -0.4 is 10.6 Å². The number of pyridine rings is 1. The van der Waals surface area contributed by atoms with E-state index in [0.717, 1.165) is 0 Å². The van der Waals surface area contributed by atoms with E-state index < -0.39 is 34.9 Å². The maximum Gasteiger partial charge on any atom is 0.435 e. The van der Waals surface area contributed by atoms with Crippen molar-refractivity contribution in [3.63, 3.8) is 0 Å². The van der Waals surface area contributed by atoms with E-state index in [-0.39, 0.29) is 27.1 Å². The number of halogens is 5. The van der Waals surface area contributed by atoms with Crippen LogP contribution in [0.1, 0.15) is 52.9 Å². The standard InChI is InChI=1S/C22H20Cl2F3N5O2/c1-11-8-12(23)9-13(19(33)30-21(2,3)4)17(11)29-20(34)15-10-16(22(25,26)27)31-32(15)18-14(24)6-5-7-28-18/h5-10H,1-4H3,(H,29,34)(H,30,33). The molecule has 0 saturated carbocycles. The molecule has 0 radical (unpaired) electrons. The number of rotatable bonds is 4. The van der Waals surface area contributed by atoms with Gasteiger partial charge in [0, 0.05) is 22.8 Å². The van der Waals surface area contributed by atoms with Crippen molar-refractivity contribution in [3.8, 4) is 5.82 Å². The van der Waals surface area contributed by atoms with Gasteiger partial charge in [0.1, 0.15) is 5.69 Å². The molecule has 0 bridgehead atoms. The lowest BCUT2D eigenvalue weighted by molar-refractivity contribution is -0.141. The van der Waals surface area contributed by atoms with Crippen LogP contribution in [0.4, 0.5) is 18.9 Å². The summed E-state index contributed by atoms with van der Waals surface area (Å²) in [6, 6.07) is 6.34. The minimum absolute atomic E-state index is 0.0127. The Bertz CT molecular complexity index is 1270. The Labute approximate surface area is 203 Å². The van der Waals surface area contributed by atoms with Gasteiger partial charge in [-0.05, 0) is 57.5 Å². The van der Waals surface area contributed by atoms with Crippen LogP contribution in [0.15, 0.2) is 36.5 Å². The summed E-state index contributed by atoms with van der Waals surface area (Å²) < 4.78 is 40.9. The second-order valence-electron chi connectivity index (χ2n) is 8.44. The van der Waals surface area contributed by atoms with E-state index in [4.69, 9.17) is 23.2 Å². The Morgan fingerprint density at radius 2 is 1.74 bits per heavy atom. The first-order valence-electron chi connectivity index (χ1n) is 9.89. The maximum absolute atomic E-state index is 13.4. The van der Waals surface area contributed by atoms with Gasteiger partial charge >= 0.3 is 6.18 Å². The Morgan fingerprint density at radius 3 is 2.32 bits per heavy atom. The molecule has 1 aromatic carbocycles. The third-order valence-electron chi connectivity index (χ3n) is 4.44. The number of hydrogen-bond donors (Lipinski definition) is 2. The first kappa shape index (κ1) is 25.5. The first-order valence-corrected chi connectivity index (χ1v) is 10.6. The van der Waals surface area contributed by atoms with Crippen LogP contribution in [0.25, 0.3) is 5.82 Å². The van der Waals surface area contributed by atoms with Crippen LogP contribution in [-0.2, 0) is 6.18 Å². The fraction of sp³-hybridized carbons (Fsp3) is 0.273. The van der Waals surface area contributed by atoms with Gasteiger partial charge in [-0.15, -0.1) is 0 Å². The van der Waals surface area contributed by atoms with E-state index in [1.807, 2.05) is 0 Å². The van der Waals surface area contributed by atoms with Gasteiger partial charge in [0.25, 0.3) is 11.8 Å². The van der Waals surface area contributed by atoms with Crippen molar-refractivity contribution in [1.29, 1.82) is 0 Å². The van der Waals surface area contributed by atoms with Gasteiger partial charge < -0.3 is 10.6 Å². The highest BCUT2D eigenvalue weighted by Crippen LogP contribution is 2.32. The molecule has 0 saturated heterocycles. The molecule has 3 aromatic rings. The number of nitrogens with one attached hydrogen (secondary N) is 2. The number of carbonyl (C=O) groups excluding carboxylic acids is 2. The third-order valence-corrected chi connectivity index (χ3v) is 4.96. The van der Waals surface area contributed by atoms with Crippen LogP contribution in [0.5, 0.6) is 0 Å². The number of anilines is 1. The van der Waals surface area contributed by atoms with E-state index in [2.05, 4.69) is 20.7 Å². The van der Waals surface area contributed by atoms with Gasteiger partial charge in [-0.2, -0.15) is 18.3 Å². The Balaban J connectivity index is 2.10. The molecule has 34 heavy (non-hydrogen) atoms. The monoisotopic (exact) mass is 513 g/mol. The molecule has 0 atom stereocenters. The van der Waals surface area contributed by atoms with Crippen LogP contribution in [0, 0.1) is 6.92 Å². The smallest absolute Gasteiger partial charge is 0.347 e. The average molecular weight is 514 g/mol. The van der Waals surface area contributed by atoms with Gasteiger partial charge in [0.05, 0.1) is 16.3 Å². The predicted octanol–water partition coefficient (Wildman–Crippen LogP) is 5.68. The molecule has 0 aliphatic carbocycles. The molecule has 0 unspecified atom stereocenters. The van der Waals surface area contributed by atoms with E-state index in [0.29, 0.717) is 16.3 Å². The number of carbonyl (C=O) groups is 2. The average Bonchev–Trinajstić information content (AvgIpc) is 3.14. The molecule has 2 heterocycles. The highest BCUT2D eigenvalue weighted by molar-refractivity contribution is 6.32. The second kappa shape index (κ2) is 9.27. The first-order chi connectivity index (χ1) is 15.7. The summed E-state index contributed by atoms with van der Waals surface area (Å²) in [7, 11) is 0. The quantitative estimate of drug-likeness (QED) is 0.469. The molecule has 2 N–H and O–H groups in total. The summed E-state index contributed by atoms with van der Waals surface area (Å²) in [5.41, 5.74) is -1.82. The predicted molar refractivity (Wildman–Crippen MR) is 123 cm³/mol. The van der Waals surface area contributed by atoms with E-state index in [9.17, 15) is 22.8 Å². The molecular weight excluding hydrogens is 494 g/mol. The summed E-state index contributed by atoms with van der Waals surface area (Å²) in [4.78, 5) is 30.0. The summed E-state index contributed by atoms with van der Waals surface area (Å²) in [5, 5.41) is 9.03. The third kappa shape index (κ3) is 5.68. The van der Waals surface area contributed by atoms with Crippen LogP contribution in [-0.4, -0.2) is 32.1 Å². The summed E-state index contributed by atoms with van der Waals surface area (Å²) in [6.07, 6.45) is -3.52. The van der Waals surface area contributed by atoms with E-state index in [1.54, 1.807) is 27.7 Å². The fourth-order valence-electron chi connectivity index (χ4n) is 3.05. The van der Waals surface area contributed by atoms with Crippen LogP contribution >= 0.6 is 23.2 Å². The molecule has 7 nitrogen and oxygen atoms in total. The topological polar surface area (TPSA) is 88.9 Å². The number of aromatic nitrogens is 3. The van der Waals surface area contributed by atoms with Crippen molar-refractivity contribution in [1.82, 2.24) is 20.1 Å². The van der Waals surface area contributed by atoms with Crippen molar-refractivity contribution in [2.45, 2.75) is 39.4 Å². The molecule has 0 aliphatic heterocycles. The molecule has 0 spiro atoms. The summed E-state index contributed by atoms with van der Waals surface area (Å²) in [5.74, 6) is -1.64. The zero-order valence-electron chi connectivity index (χ0n) is 18.5. The lowest BCUT2D eigenvalue weighted by Gasteiger charge is -2.22. The lowest BCUT2D eigenvalue weighted by atomic mass is 10.0. The minimum Gasteiger partial charge on any atom is -0.347 e. The van der Waals surface area contributed by atoms with Crippen LogP contribution in [0.2, 0.25) is 10.0 Å². The molecule has 12 heteroatoms. The molecule has 0 fully saturated rings. The molecule has 2 aromatic heterocycles. The van der Waals surface area contributed by atoms with Crippen molar-refractivity contribution in [3.05, 3.63) is 69.1 Å². The zero-order chi connectivity index (χ0) is 25.4. The van der Waals surface area contributed by atoms with Gasteiger partial charge in [-0.1, -0.05) is 23.2 Å². The fourth-order valence-corrected chi connectivity index (χ4v) is 3.52.